The van der Waals surface area contributed by atoms with Crippen LogP contribution in [0.25, 0.3) is 0 Å². The van der Waals surface area contributed by atoms with Crippen LogP contribution in [0.5, 0.6) is 0 Å². The minimum Gasteiger partial charge on any atom is -0.481 e. The van der Waals surface area contributed by atoms with E-state index in [0.29, 0.717) is 17.5 Å². The summed E-state index contributed by atoms with van der Waals surface area (Å²) < 4.78 is 46.4. The molecule has 1 N–H and O–H groups in total. The van der Waals surface area contributed by atoms with Gasteiger partial charge in [-0.1, -0.05) is 62.1 Å². The summed E-state index contributed by atoms with van der Waals surface area (Å²) in [5.74, 6) is -2.07. The minimum atomic E-state index is -4.54. The predicted molar refractivity (Wildman–Crippen MR) is 151 cm³/mol. The fourth-order valence-electron chi connectivity index (χ4n) is 4.34. The molecule has 0 bridgehead atoms. The van der Waals surface area contributed by atoms with Crippen LogP contribution in [-0.4, -0.2) is 34.2 Å². The topological polar surface area (TPSA) is 63.6 Å². The Balaban J connectivity index is 2.06. The Kier molecular flexibility index (Phi) is 13.4. The largest absolute Gasteiger partial charge is 0.481 e. The van der Waals surface area contributed by atoms with Gasteiger partial charge in [0.1, 0.15) is 5.60 Å². The first-order valence-corrected chi connectivity index (χ1v) is 14.8. The number of halogens is 3. The number of carbonyl (C=O) groups is 2. The van der Waals surface area contributed by atoms with E-state index in [4.69, 9.17) is 9.84 Å². The van der Waals surface area contributed by atoms with Crippen molar-refractivity contribution < 1.29 is 32.6 Å². The van der Waals surface area contributed by atoms with Gasteiger partial charge in [-0.2, -0.15) is 24.9 Å². The number of unbranched alkanes of at least 4 members (excludes halogenated alkanes) is 5. The fourth-order valence-corrected chi connectivity index (χ4v) is 5.37. The van der Waals surface area contributed by atoms with Crippen LogP contribution in [0.4, 0.5) is 13.2 Å². The highest BCUT2D eigenvalue weighted by Gasteiger charge is 2.34. The minimum absolute atomic E-state index is 0.0908. The van der Waals surface area contributed by atoms with Crippen LogP contribution >= 0.6 is 11.8 Å². The summed E-state index contributed by atoms with van der Waals surface area (Å²) >= 11 is 1.24. The smallest absolute Gasteiger partial charge is 0.416 e. The Morgan fingerprint density at radius 1 is 0.897 bits per heavy atom. The van der Waals surface area contributed by atoms with E-state index in [1.54, 1.807) is 20.8 Å². The molecule has 216 valence electrons. The molecule has 39 heavy (non-hydrogen) atoms. The molecule has 2 aromatic carbocycles. The first-order chi connectivity index (χ1) is 18.4. The molecule has 0 fully saturated rings. The average molecular weight is 567 g/mol. The lowest BCUT2D eigenvalue weighted by Gasteiger charge is -2.26. The summed E-state index contributed by atoms with van der Waals surface area (Å²) in [5.41, 5.74) is 0.770. The number of benzene rings is 2. The number of hydrogen-bond acceptors (Lipinski definition) is 4. The highest BCUT2D eigenvalue weighted by molar-refractivity contribution is 7.99. The van der Waals surface area contributed by atoms with E-state index in [9.17, 15) is 22.8 Å². The van der Waals surface area contributed by atoms with Crippen molar-refractivity contribution in [3.05, 3.63) is 70.8 Å². The molecule has 2 aromatic rings. The molecule has 1 atom stereocenters. The van der Waals surface area contributed by atoms with Gasteiger partial charge in [0.15, 0.2) is 0 Å². The van der Waals surface area contributed by atoms with Gasteiger partial charge in [0.25, 0.3) is 0 Å². The SMILES string of the molecule is CC(C)(C)OC(=O)C(CSCCC(=O)O)c1cc(C(F)(F)F)ccc1CCCCCCCCc1ccccc1. The molecule has 0 radical (unpaired) electrons. The van der Waals surface area contributed by atoms with Crippen molar-refractivity contribution in [3.8, 4) is 0 Å². The van der Waals surface area contributed by atoms with E-state index in [-0.39, 0.29) is 17.9 Å². The number of aryl methyl sites for hydroxylation is 2. The lowest BCUT2D eigenvalue weighted by atomic mass is 9.90. The summed E-state index contributed by atoms with van der Waals surface area (Å²) in [6.07, 6.45) is 3.18. The average Bonchev–Trinajstić information content (AvgIpc) is 2.84. The van der Waals surface area contributed by atoms with Crippen LogP contribution in [0.1, 0.15) is 93.9 Å². The Hall–Kier alpha value is -2.48. The maximum Gasteiger partial charge on any atom is 0.416 e. The molecule has 0 saturated carbocycles. The van der Waals surface area contributed by atoms with E-state index in [1.165, 1.54) is 23.4 Å². The summed E-state index contributed by atoms with van der Waals surface area (Å²) in [7, 11) is 0. The molecule has 0 spiro atoms. The summed E-state index contributed by atoms with van der Waals surface area (Å²) in [5, 5.41) is 8.94. The Morgan fingerprint density at radius 3 is 2.10 bits per heavy atom. The molecule has 4 nitrogen and oxygen atoms in total. The molecule has 1 unspecified atom stereocenters. The number of carboxylic acid groups (broad SMARTS) is 1. The first-order valence-electron chi connectivity index (χ1n) is 13.6. The Bertz CT molecular complexity index is 1030. The number of carboxylic acids is 1. The molecule has 0 aliphatic carbocycles. The summed E-state index contributed by atoms with van der Waals surface area (Å²) in [4.78, 5) is 24.1. The van der Waals surface area contributed by atoms with Crippen LogP contribution in [-0.2, 0) is 33.3 Å². The van der Waals surface area contributed by atoms with Crippen molar-refractivity contribution in [1.82, 2.24) is 0 Å². The maximum absolute atomic E-state index is 13.6. The van der Waals surface area contributed by atoms with Gasteiger partial charge in [0, 0.05) is 11.5 Å². The molecule has 0 aromatic heterocycles. The number of aliphatic carboxylic acids is 1. The lowest BCUT2D eigenvalue weighted by Crippen LogP contribution is -2.29. The molecule has 8 heteroatoms. The highest BCUT2D eigenvalue weighted by atomic mass is 32.2. The van der Waals surface area contributed by atoms with Gasteiger partial charge in [-0.3, -0.25) is 9.59 Å². The van der Waals surface area contributed by atoms with Gasteiger partial charge in [-0.05, 0) is 75.3 Å². The number of rotatable bonds is 16. The van der Waals surface area contributed by atoms with Crippen LogP contribution in [0.3, 0.4) is 0 Å². The zero-order chi connectivity index (χ0) is 28.9. The number of alkyl halides is 3. The normalized spacial score (nSPS) is 12.8. The molecule has 0 amide bonds. The number of ether oxygens (including phenoxy) is 1. The molecular formula is C31H41F3O4S. The van der Waals surface area contributed by atoms with Crippen molar-refractivity contribution in [1.29, 1.82) is 0 Å². The fraction of sp³-hybridized carbons (Fsp3) is 0.548. The lowest BCUT2D eigenvalue weighted by molar-refractivity contribution is -0.156. The van der Waals surface area contributed by atoms with Crippen LogP contribution < -0.4 is 0 Å². The molecule has 0 saturated heterocycles. The second kappa shape index (κ2) is 15.9. The highest BCUT2D eigenvalue weighted by Crippen LogP contribution is 2.35. The van der Waals surface area contributed by atoms with Crippen molar-refractivity contribution in [2.75, 3.05) is 11.5 Å². The van der Waals surface area contributed by atoms with Gasteiger partial charge < -0.3 is 9.84 Å². The van der Waals surface area contributed by atoms with E-state index in [0.717, 1.165) is 57.1 Å². The van der Waals surface area contributed by atoms with Crippen molar-refractivity contribution in [2.45, 2.75) is 96.3 Å². The third kappa shape index (κ3) is 12.9. The molecule has 2 rings (SSSR count). The molecule has 0 aliphatic heterocycles. The number of esters is 1. The first kappa shape index (κ1) is 32.7. The van der Waals surface area contributed by atoms with Gasteiger partial charge >= 0.3 is 18.1 Å². The van der Waals surface area contributed by atoms with E-state index < -0.39 is 35.2 Å². The van der Waals surface area contributed by atoms with Crippen molar-refractivity contribution in [3.63, 3.8) is 0 Å². The summed E-state index contributed by atoms with van der Waals surface area (Å²) in [6.45, 7) is 5.14. The maximum atomic E-state index is 13.6. The van der Waals surface area contributed by atoms with Crippen LogP contribution in [0.2, 0.25) is 0 Å². The third-order valence-electron chi connectivity index (χ3n) is 6.29. The molecular weight excluding hydrogens is 525 g/mol. The Morgan fingerprint density at radius 2 is 1.51 bits per heavy atom. The monoisotopic (exact) mass is 566 g/mol. The zero-order valence-corrected chi connectivity index (χ0v) is 24.0. The zero-order valence-electron chi connectivity index (χ0n) is 23.2. The van der Waals surface area contributed by atoms with Gasteiger partial charge in [-0.25, -0.2) is 0 Å². The van der Waals surface area contributed by atoms with E-state index >= 15 is 0 Å². The van der Waals surface area contributed by atoms with Crippen LogP contribution in [0, 0.1) is 0 Å². The van der Waals surface area contributed by atoms with Crippen molar-refractivity contribution >= 4 is 23.7 Å². The van der Waals surface area contributed by atoms with E-state index in [1.807, 2.05) is 18.2 Å². The van der Waals surface area contributed by atoms with Gasteiger partial charge in [-0.15, -0.1) is 0 Å². The quantitative estimate of drug-likeness (QED) is 0.163. The van der Waals surface area contributed by atoms with Crippen LogP contribution in [0.15, 0.2) is 48.5 Å². The predicted octanol–water partition coefficient (Wildman–Crippen LogP) is 8.46. The summed E-state index contributed by atoms with van der Waals surface area (Å²) in [6, 6.07) is 14.0. The standard InChI is InChI=1S/C31H41F3O4S/c1-30(2,3)38-29(37)27(22-39-20-19-28(35)36)26-21-25(31(32,33)34)18-17-24(26)16-12-7-5-4-6-9-13-23-14-10-8-11-15-23/h8,10-11,14-15,17-18,21,27H,4-7,9,12-13,16,19-20,22H2,1-3H3,(H,35,36). The Labute approximate surface area is 234 Å². The number of hydrogen-bond donors (Lipinski definition) is 1. The third-order valence-corrected chi connectivity index (χ3v) is 7.35. The number of thioether (sulfide) groups is 1. The van der Waals surface area contributed by atoms with Gasteiger partial charge in [0.05, 0.1) is 17.9 Å². The van der Waals surface area contributed by atoms with E-state index in [2.05, 4.69) is 12.1 Å². The van der Waals surface area contributed by atoms with Crippen molar-refractivity contribution in [2.24, 2.45) is 0 Å². The second-order valence-electron chi connectivity index (χ2n) is 10.8. The second-order valence-corrected chi connectivity index (χ2v) is 12.0. The molecule has 0 aliphatic rings. The number of carbonyl (C=O) groups excluding carboxylic acids is 1. The molecule has 0 heterocycles. The van der Waals surface area contributed by atoms with Gasteiger partial charge in [0.2, 0.25) is 0 Å².